The standard InChI is InChI=1S/C22H32N4OS/c1-6-26(7-2)22(27)23-14-11-16-15-9-8-10-18-20(15)17(21(28-5)25(18)4)12-19(16)24(3)13-14/h8-10,14,16,19H,6-7,11-13H2,1-5H3,(H,23,27)/t14-,16+,19+/m0/s1. The third kappa shape index (κ3) is 3.01. The van der Waals surface area contributed by atoms with E-state index in [-0.39, 0.29) is 12.1 Å². The average Bonchev–Trinajstić information content (AvgIpc) is 2.96. The fourth-order valence-corrected chi connectivity index (χ4v) is 6.20. The zero-order valence-electron chi connectivity index (χ0n) is 17.7. The molecule has 1 aromatic carbocycles. The van der Waals surface area contributed by atoms with Crippen molar-refractivity contribution in [3.63, 3.8) is 0 Å². The smallest absolute Gasteiger partial charge is 0.317 e. The molecule has 3 atom stereocenters. The van der Waals surface area contributed by atoms with Crippen LogP contribution in [0.1, 0.15) is 37.3 Å². The van der Waals surface area contributed by atoms with E-state index in [1.54, 1.807) is 0 Å². The molecule has 28 heavy (non-hydrogen) atoms. The molecule has 2 heterocycles. The molecule has 0 spiro atoms. The molecule has 2 aliphatic rings. The maximum absolute atomic E-state index is 12.6. The summed E-state index contributed by atoms with van der Waals surface area (Å²) in [6.45, 7) is 6.49. The van der Waals surface area contributed by atoms with Gasteiger partial charge in [0.05, 0.1) is 5.03 Å². The zero-order chi connectivity index (χ0) is 20.0. The minimum absolute atomic E-state index is 0.0703. The van der Waals surface area contributed by atoms with Gasteiger partial charge >= 0.3 is 6.03 Å². The molecule has 0 radical (unpaired) electrons. The molecule has 0 unspecified atom stereocenters. The summed E-state index contributed by atoms with van der Waals surface area (Å²) in [5, 5.41) is 6.16. The highest BCUT2D eigenvalue weighted by molar-refractivity contribution is 7.98. The van der Waals surface area contributed by atoms with E-state index in [0.717, 1.165) is 32.5 Å². The van der Waals surface area contributed by atoms with Gasteiger partial charge in [-0.3, -0.25) is 0 Å². The van der Waals surface area contributed by atoms with Gasteiger partial charge in [0, 0.05) is 55.6 Å². The van der Waals surface area contributed by atoms with E-state index in [2.05, 4.69) is 53.3 Å². The number of aryl methyl sites for hydroxylation is 1. The van der Waals surface area contributed by atoms with Gasteiger partial charge in [-0.15, -0.1) is 11.8 Å². The minimum Gasteiger partial charge on any atom is -0.339 e. The Morgan fingerprint density at radius 3 is 2.71 bits per heavy atom. The molecular formula is C22H32N4OS. The Kier molecular flexibility index (Phi) is 5.36. The molecule has 1 saturated heterocycles. The maximum atomic E-state index is 12.6. The Morgan fingerprint density at radius 1 is 1.29 bits per heavy atom. The fraction of sp³-hybridized carbons (Fsp3) is 0.591. The number of likely N-dealkylation sites (N-methyl/N-ethyl adjacent to an activating group) is 1. The molecule has 0 bridgehead atoms. The lowest BCUT2D eigenvalue weighted by Crippen LogP contribution is -2.56. The van der Waals surface area contributed by atoms with E-state index < -0.39 is 0 Å². The molecule has 4 rings (SSSR count). The number of nitrogens with zero attached hydrogens (tertiary/aromatic N) is 3. The monoisotopic (exact) mass is 400 g/mol. The quantitative estimate of drug-likeness (QED) is 0.796. The van der Waals surface area contributed by atoms with Gasteiger partial charge in [-0.25, -0.2) is 4.79 Å². The first-order chi connectivity index (χ1) is 13.5. The van der Waals surface area contributed by atoms with E-state index >= 15 is 0 Å². The largest absolute Gasteiger partial charge is 0.339 e. The number of thioether (sulfide) groups is 1. The van der Waals surface area contributed by atoms with Crippen LogP contribution in [0.3, 0.4) is 0 Å². The predicted molar refractivity (Wildman–Crippen MR) is 117 cm³/mol. The van der Waals surface area contributed by atoms with Crippen LogP contribution in [0.2, 0.25) is 0 Å². The maximum Gasteiger partial charge on any atom is 0.317 e. The molecule has 1 fully saturated rings. The number of piperidine rings is 1. The van der Waals surface area contributed by atoms with Crippen molar-refractivity contribution in [3.05, 3.63) is 29.3 Å². The van der Waals surface area contributed by atoms with Crippen molar-refractivity contribution in [2.24, 2.45) is 7.05 Å². The van der Waals surface area contributed by atoms with Crippen molar-refractivity contribution in [2.75, 3.05) is 32.9 Å². The summed E-state index contributed by atoms with van der Waals surface area (Å²) in [4.78, 5) is 16.9. The molecule has 6 heteroatoms. The first-order valence-electron chi connectivity index (χ1n) is 10.4. The molecule has 1 aromatic heterocycles. The summed E-state index contributed by atoms with van der Waals surface area (Å²) in [6.07, 6.45) is 4.30. The van der Waals surface area contributed by atoms with Crippen LogP contribution in [0, 0.1) is 0 Å². The van der Waals surface area contributed by atoms with Gasteiger partial charge in [0.1, 0.15) is 0 Å². The Hall–Kier alpha value is -1.66. The highest BCUT2D eigenvalue weighted by Gasteiger charge is 2.41. The molecule has 1 aliphatic carbocycles. The summed E-state index contributed by atoms with van der Waals surface area (Å²) in [7, 11) is 4.41. The number of benzene rings is 1. The summed E-state index contributed by atoms with van der Waals surface area (Å²) < 4.78 is 2.36. The van der Waals surface area contributed by atoms with Gasteiger partial charge in [-0.1, -0.05) is 12.1 Å². The van der Waals surface area contributed by atoms with Crippen LogP contribution >= 0.6 is 11.8 Å². The molecule has 1 N–H and O–H groups in total. The fourth-order valence-electron chi connectivity index (χ4n) is 5.39. The summed E-state index contributed by atoms with van der Waals surface area (Å²) in [6, 6.07) is 7.53. The second-order valence-electron chi connectivity index (χ2n) is 8.16. The summed E-state index contributed by atoms with van der Waals surface area (Å²) in [5.74, 6) is 0.467. The molecule has 5 nitrogen and oxygen atoms in total. The number of amides is 2. The van der Waals surface area contributed by atoms with Crippen LogP contribution in [0.4, 0.5) is 4.79 Å². The van der Waals surface area contributed by atoms with Crippen molar-refractivity contribution in [2.45, 2.75) is 49.7 Å². The van der Waals surface area contributed by atoms with Crippen molar-refractivity contribution >= 4 is 28.7 Å². The highest BCUT2D eigenvalue weighted by Crippen LogP contribution is 2.46. The number of fused-ring (bicyclic) bond motifs is 2. The number of nitrogens with one attached hydrogen (secondary N) is 1. The first-order valence-corrected chi connectivity index (χ1v) is 11.6. The first kappa shape index (κ1) is 19.6. The average molecular weight is 401 g/mol. The Labute approximate surface area is 172 Å². The van der Waals surface area contributed by atoms with E-state index in [9.17, 15) is 4.79 Å². The van der Waals surface area contributed by atoms with Crippen molar-refractivity contribution < 1.29 is 4.79 Å². The Balaban J connectivity index is 1.68. The molecule has 2 amide bonds. The van der Waals surface area contributed by atoms with Crippen LogP contribution in [0.5, 0.6) is 0 Å². The minimum atomic E-state index is 0.0703. The second-order valence-corrected chi connectivity index (χ2v) is 8.96. The zero-order valence-corrected chi connectivity index (χ0v) is 18.5. The topological polar surface area (TPSA) is 40.5 Å². The lowest BCUT2D eigenvalue weighted by Gasteiger charge is -2.46. The van der Waals surface area contributed by atoms with E-state index in [1.807, 2.05) is 30.5 Å². The van der Waals surface area contributed by atoms with Crippen LogP contribution in [0.15, 0.2) is 23.2 Å². The number of likely N-dealkylation sites (tertiary alicyclic amines) is 1. The number of rotatable bonds is 4. The number of urea groups is 1. The predicted octanol–water partition coefficient (Wildman–Crippen LogP) is 3.66. The highest BCUT2D eigenvalue weighted by atomic mass is 32.2. The van der Waals surface area contributed by atoms with Crippen LogP contribution in [0.25, 0.3) is 10.9 Å². The van der Waals surface area contributed by atoms with Crippen molar-refractivity contribution in [3.8, 4) is 0 Å². The van der Waals surface area contributed by atoms with Crippen molar-refractivity contribution in [1.29, 1.82) is 0 Å². The van der Waals surface area contributed by atoms with Gasteiger partial charge in [0.2, 0.25) is 0 Å². The van der Waals surface area contributed by atoms with E-state index in [0.29, 0.717) is 12.0 Å². The molecule has 2 aromatic rings. The molecule has 152 valence electrons. The molecule has 1 aliphatic heterocycles. The SMILES string of the molecule is CCN(CC)C(=O)N[C@H]1C[C@@H]2c3cccc4c3c(c(SC)n4C)C[C@H]2N(C)C1. The van der Waals surface area contributed by atoms with E-state index in [1.165, 1.54) is 27.1 Å². The van der Waals surface area contributed by atoms with Gasteiger partial charge in [-0.2, -0.15) is 0 Å². The van der Waals surface area contributed by atoms with Crippen LogP contribution < -0.4 is 5.32 Å². The molecular weight excluding hydrogens is 368 g/mol. The Morgan fingerprint density at radius 2 is 2.04 bits per heavy atom. The molecule has 0 saturated carbocycles. The lowest BCUT2D eigenvalue weighted by molar-refractivity contribution is 0.123. The van der Waals surface area contributed by atoms with Crippen LogP contribution in [-0.4, -0.2) is 65.4 Å². The number of hydrogen-bond acceptors (Lipinski definition) is 3. The summed E-state index contributed by atoms with van der Waals surface area (Å²) in [5.41, 5.74) is 4.32. The second kappa shape index (κ2) is 7.64. The normalized spacial score (nSPS) is 24.2. The van der Waals surface area contributed by atoms with Gasteiger partial charge in [0.15, 0.2) is 0 Å². The lowest BCUT2D eigenvalue weighted by atomic mass is 9.74. The van der Waals surface area contributed by atoms with Gasteiger partial charge < -0.3 is 19.7 Å². The van der Waals surface area contributed by atoms with Crippen molar-refractivity contribution in [1.82, 2.24) is 19.7 Å². The third-order valence-electron chi connectivity index (χ3n) is 6.76. The number of hydrogen-bond donors (Lipinski definition) is 1. The number of carbonyl (C=O) groups excluding carboxylic acids is 1. The van der Waals surface area contributed by atoms with E-state index in [4.69, 9.17) is 0 Å². The Bertz CT molecular complexity index is 888. The summed E-state index contributed by atoms with van der Waals surface area (Å²) >= 11 is 1.85. The van der Waals surface area contributed by atoms with Crippen LogP contribution in [-0.2, 0) is 13.5 Å². The van der Waals surface area contributed by atoms with Gasteiger partial charge in [0.25, 0.3) is 0 Å². The third-order valence-corrected chi connectivity index (χ3v) is 7.67. The number of aromatic nitrogens is 1. The number of carbonyl (C=O) groups is 1. The van der Waals surface area contributed by atoms with Gasteiger partial charge in [-0.05, 0) is 57.2 Å².